The molecule has 1 aromatic carbocycles. The molecule has 0 spiro atoms. The maximum Gasteiger partial charge on any atom is 0.416 e. The molecule has 0 radical (unpaired) electrons. The first-order chi connectivity index (χ1) is 12.2. The standard InChI is InChI=1S/C14H14ClF3N4O3S2/c1-13(2,3)10(23)19-11-20-21-12(26-11)27(24,25)22-9-6-7(14(16,17)18)4-5-8(9)15/h4-6,22H,1-3H3,(H,19,20,23). The summed E-state index contributed by atoms with van der Waals surface area (Å²) in [6.45, 7) is 4.95. The molecule has 1 heterocycles. The van der Waals surface area contributed by atoms with E-state index in [1.807, 2.05) is 4.72 Å². The number of alkyl halides is 3. The van der Waals surface area contributed by atoms with Crippen LogP contribution in [0.5, 0.6) is 0 Å². The molecule has 2 aromatic rings. The molecule has 0 unspecified atom stereocenters. The van der Waals surface area contributed by atoms with Crippen LogP contribution in [0.25, 0.3) is 0 Å². The Morgan fingerprint density at radius 2 is 1.81 bits per heavy atom. The number of rotatable bonds is 4. The number of carbonyl (C=O) groups excluding carboxylic acids is 1. The van der Waals surface area contributed by atoms with Crippen molar-refractivity contribution in [3.63, 3.8) is 0 Å². The Hall–Kier alpha value is -1.92. The largest absolute Gasteiger partial charge is 0.416 e. The van der Waals surface area contributed by atoms with E-state index >= 15 is 0 Å². The minimum atomic E-state index is -4.67. The zero-order valence-electron chi connectivity index (χ0n) is 14.2. The van der Waals surface area contributed by atoms with Crippen molar-refractivity contribution < 1.29 is 26.4 Å². The summed E-state index contributed by atoms with van der Waals surface area (Å²) >= 11 is 6.33. The van der Waals surface area contributed by atoms with E-state index in [0.29, 0.717) is 17.4 Å². The molecule has 1 amide bonds. The molecule has 1 aromatic heterocycles. The molecular weight excluding hydrogens is 429 g/mol. The summed E-state index contributed by atoms with van der Waals surface area (Å²) in [4.78, 5) is 11.9. The van der Waals surface area contributed by atoms with Crippen molar-refractivity contribution in [3.05, 3.63) is 28.8 Å². The van der Waals surface area contributed by atoms with Crippen LogP contribution in [-0.2, 0) is 21.0 Å². The number of hydrogen-bond acceptors (Lipinski definition) is 6. The van der Waals surface area contributed by atoms with Crippen molar-refractivity contribution in [2.24, 2.45) is 5.41 Å². The number of hydrogen-bond donors (Lipinski definition) is 2. The van der Waals surface area contributed by atoms with Crippen LogP contribution in [0.4, 0.5) is 24.0 Å². The normalized spacial score (nSPS) is 12.7. The van der Waals surface area contributed by atoms with Crippen LogP contribution in [-0.4, -0.2) is 24.5 Å². The summed E-state index contributed by atoms with van der Waals surface area (Å²) in [5.74, 6) is -0.406. The highest BCUT2D eigenvalue weighted by Crippen LogP contribution is 2.35. The van der Waals surface area contributed by atoms with E-state index in [1.54, 1.807) is 20.8 Å². The monoisotopic (exact) mass is 442 g/mol. The molecule has 0 aliphatic heterocycles. The lowest BCUT2D eigenvalue weighted by Gasteiger charge is -2.15. The van der Waals surface area contributed by atoms with Gasteiger partial charge in [-0.05, 0) is 18.2 Å². The third-order valence-electron chi connectivity index (χ3n) is 3.08. The molecule has 0 saturated heterocycles. The third-order valence-corrected chi connectivity index (χ3v) is 5.98. The smallest absolute Gasteiger partial charge is 0.300 e. The molecule has 0 aliphatic carbocycles. The van der Waals surface area contributed by atoms with Gasteiger partial charge in [0, 0.05) is 5.41 Å². The zero-order chi connectivity index (χ0) is 20.6. The first kappa shape index (κ1) is 21.4. The zero-order valence-corrected chi connectivity index (χ0v) is 16.6. The van der Waals surface area contributed by atoms with Crippen LogP contribution in [0.1, 0.15) is 26.3 Å². The van der Waals surface area contributed by atoms with Crippen molar-refractivity contribution in [3.8, 4) is 0 Å². The Morgan fingerprint density at radius 1 is 1.19 bits per heavy atom. The Balaban J connectivity index is 2.27. The van der Waals surface area contributed by atoms with E-state index in [1.165, 1.54) is 0 Å². The molecule has 0 atom stereocenters. The van der Waals surface area contributed by atoms with Crippen LogP contribution in [0.2, 0.25) is 5.02 Å². The number of carbonyl (C=O) groups is 1. The van der Waals surface area contributed by atoms with Crippen molar-refractivity contribution in [1.29, 1.82) is 0 Å². The van der Waals surface area contributed by atoms with Gasteiger partial charge in [-0.3, -0.25) is 9.52 Å². The number of nitrogens with zero attached hydrogens (tertiary/aromatic N) is 2. The fraction of sp³-hybridized carbons (Fsp3) is 0.357. The van der Waals surface area contributed by atoms with Gasteiger partial charge in [-0.2, -0.15) is 21.6 Å². The molecular formula is C14H14ClF3N4O3S2. The summed E-state index contributed by atoms with van der Waals surface area (Å²) in [7, 11) is -4.36. The fourth-order valence-corrected chi connectivity index (χ4v) is 3.81. The maximum atomic E-state index is 12.8. The van der Waals surface area contributed by atoms with Gasteiger partial charge in [0.25, 0.3) is 14.4 Å². The molecule has 27 heavy (non-hydrogen) atoms. The lowest BCUT2D eigenvalue weighted by Crippen LogP contribution is -2.27. The molecule has 0 bridgehead atoms. The Kier molecular flexibility index (Phi) is 5.74. The van der Waals surface area contributed by atoms with Crippen LogP contribution in [0.3, 0.4) is 0 Å². The van der Waals surface area contributed by atoms with Gasteiger partial charge in [-0.1, -0.05) is 43.7 Å². The van der Waals surface area contributed by atoms with E-state index < -0.39 is 43.1 Å². The summed E-state index contributed by atoms with van der Waals surface area (Å²) in [5.41, 5.74) is -2.27. The Labute approximate surface area is 162 Å². The second-order valence-corrected chi connectivity index (χ2v) is 9.62. The van der Waals surface area contributed by atoms with Crippen molar-refractivity contribution in [1.82, 2.24) is 10.2 Å². The molecule has 0 fully saturated rings. The van der Waals surface area contributed by atoms with Crippen molar-refractivity contribution >= 4 is 49.7 Å². The van der Waals surface area contributed by atoms with Crippen molar-refractivity contribution in [2.45, 2.75) is 31.3 Å². The minimum absolute atomic E-state index is 0.0644. The second-order valence-electron chi connectivity index (χ2n) is 6.38. The first-order valence-electron chi connectivity index (χ1n) is 7.25. The molecule has 148 valence electrons. The molecule has 2 rings (SSSR count). The van der Waals surface area contributed by atoms with E-state index in [9.17, 15) is 26.4 Å². The van der Waals surface area contributed by atoms with E-state index in [0.717, 1.165) is 12.1 Å². The number of nitrogens with one attached hydrogen (secondary N) is 2. The van der Waals surface area contributed by atoms with Gasteiger partial charge in [0.15, 0.2) is 0 Å². The number of anilines is 2. The van der Waals surface area contributed by atoms with Crippen LogP contribution in [0, 0.1) is 5.41 Å². The minimum Gasteiger partial charge on any atom is -0.300 e. The van der Waals surface area contributed by atoms with Crippen molar-refractivity contribution in [2.75, 3.05) is 10.0 Å². The van der Waals surface area contributed by atoms with E-state index in [-0.39, 0.29) is 10.2 Å². The van der Waals surface area contributed by atoms with E-state index in [4.69, 9.17) is 11.6 Å². The van der Waals surface area contributed by atoms with Gasteiger partial charge in [0.05, 0.1) is 16.3 Å². The second kappa shape index (κ2) is 7.24. The SMILES string of the molecule is CC(C)(C)C(=O)Nc1nnc(S(=O)(=O)Nc2cc(C(F)(F)F)ccc2Cl)s1. The summed E-state index contributed by atoms with van der Waals surface area (Å²) in [6.07, 6.45) is -4.67. The maximum absolute atomic E-state index is 12.8. The highest BCUT2D eigenvalue weighted by Gasteiger charge is 2.32. The van der Waals surface area contributed by atoms with Gasteiger partial charge in [0.1, 0.15) is 0 Å². The van der Waals surface area contributed by atoms with Crippen LogP contribution >= 0.6 is 22.9 Å². The third kappa shape index (κ3) is 5.30. The van der Waals surface area contributed by atoms with Gasteiger partial charge >= 0.3 is 6.18 Å². The summed E-state index contributed by atoms with van der Waals surface area (Å²) in [5, 5.41) is 9.15. The van der Waals surface area contributed by atoms with Gasteiger partial charge in [0.2, 0.25) is 11.0 Å². The molecule has 13 heteroatoms. The molecule has 0 saturated carbocycles. The van der Waals surface area contributed by atoms with Gasteiger partial charge < -0.3 is 5.32 Å². The highest BCUT2D eigenvalue weighted by atomic mass is 35.5. The lowest BCUT2D eigenvalue weighted by molar-refractivity contribution is -0.137. The summed E-state index contributed by atoms with van der Waals surface area (Å²) in [6, 6.07) is 2.23. The fourth-order valence-electron chi connectivity index (χ4n) is 1.62. The number of amides is 1. The Morgan fingerprint density at radius 3 is 2.37 bits per heavy atom. The molecule has 7 nitrogen and oxygen atoms in total. The number of benzene rings is 1. The number of sulfonamides is 1. The van der Waals surface area contributed by atoms with Crippen LogP contribution in [0.15, 0.2) is 22.5 Å². The quantitative estimate of drug-likeness (QED) is 0.697. The van der Waals surface area contributed by atoms with E-state index in [2.05, 4.69) is 15.5 Å². The molecule has 2 N–H and O–H groups in total. The molecule has 0 aliphatic rings. The number of halogens is 4. The van der Waals surface area contributed by atoms with Gasteiger partial charge in [-0.15, -0.1) is 10.2 Å². The predicted octanol–water partition coefficient (Wildman–Crippen LogP) is 4.00. The lowest BCUT2D eigenvalue weighted by atomic mass is 9.96. The number of aromatic nitrogens is 2. The average molecular weight is 443 g/mol. The van der Waals surface area contributed by atoms with Crippen LogP contribution < -0.4 is 10.0 Å². The summed E-state index contributed by atoms with van der Waals surface area (Å²) < 4.78 is 64.5. The van der Waals surface area contributed by atoms with Gasteiger partial charge in [-0.25, -0.2) is 0 Å². The topological polar surface area (TPSA) is 101 Å². The average Bonchev–Trinajstić information content (AvgIpc) is 2.96. The predicted molar refractivity (Wildman–Crippen MR) is 95.3 cm³/mol. The first-order valence-corrected chi connectivity index (χ1v) is 9.92. The Bertz CT molecular complexity index is 969. The highest BCUT2D eigenvalue weighted by molar-refractivity contribution is 7.94.